The van der Waals surface area contributed by atoms with Crippen molar-refractivity contribution in [3.05, 3.63) is 65.4 Å². The van der Waals surface area contributed by atoms with Crippen LogP contribution in [0.5, 0.6) is 0 Å². The molecule has 1 aromatic rings. The van der Waals surface area contributed by atoms with E-state index >= 15 is 0 Å². The molecule has 166 valence electrons. The summed E-state index contributed by atoms with van der Waals surface area (Å²) in [5.74, 6) is 0.0537. The SMILES string of the molecule is CN(C)C=C(C(=O)C1=CCC(C2(NC(=O)OC(C)(C)C)CCC2)=CC1)c1ccccc1. The minimum Gasteiger partial charge on any atom is -0.444 e. The molecule has 1 saturated carbocycles. The molecule has 5 nitrogen and oxygen atoms in total. The van der Waals surface area contributed by atoms with Gasteiger partial charge in [-0.2, -0.15) is 0 Å². The fourth-order valence-electron chi connectivity index (χ4n) is 4.08. The van der Waals surface area contributed by atoms with Crippen molar-refractivity contribution < 1.29 is 14.3 Å². The van der Waals surface area contributed by atoms with Gasteiger partial charge in [-0.25, -0.2) is 4.79 Å². The normalized spacial score (nSPS) is 18.3. The summed E-state index contributed by atoms with van der Waals surface area (Å²) in [5, 5.41) is 3.11. The highest BCUT2D eigenvalue weighted by Crippen LogP contribution is 2.42. The molecule has 1 N–H and O–H groups in total. The van der Waals surface area contributed by atoms with Gasteiger partial charge < -0.3 is 15.0 Å². The first-order valence-corrected chi connectivity index (χ1v) is 11.0. The second-order valence-corrected chi connectivity index (χ2v) is 9.63. The molecule has 0 spiro atoms. The topological polar surface area (TPSA) is 58.6 Å². The molecule has 0 unspecified atom stereocenters. The standard InChI is InChI=1S/C26H34N2O3/c1-25(2,3)31-24(30)27-26(16-9-17-26)21-14-12-20(13-15-21)23(29)22(18-28(4)5)19-10-7-6-8-11-19/h6-8,10-12,15,18H,9,13-14,16-17H2,1-5H3,(H,27,30). The highest BCUT2D eigenvalue weighted by atomic mass is 16.6. The van der Waals surface area contributed by atoms with Crippen LogP contribution < -0.4 is 5.32 Å². The molecule has 0 aromatic heterocycles. The molecule has 0 radical (unpaired) electrons. The van der Waals surface area contributed by atoms with Gasteiger partial charge in [-0.1, -0.05) is 42.5 Å². The maximum atomic E-state index is 13.3. The van der Waals surface area contributed by atoms with Gasteiger partial charge in [-0.15, -0.1) is 0 Å². The maximum Gasteiger partial charge on any atom is 0.408 e. The number of alkyl carbamates (subject to hydrolysis) is 1. The van der Waals surface area contributed by atoms with Crippen LogP contribution in [0.25, 0.3) is 5.57 Å². The number of allylic oxidation sites excluding steroid dienone is 4. The van der Waals surface area contributed by atoms with E-state index in [1.807, 2.05) is 82.4 Å². The molecule has 2 aliphatic carbocycles. The van der Waals surface area contributed by atoms with Gasteiger partial charge in [0.1, 0.15) is 5.60 Å². The molecular weight excluding hydrogens is 388 g/mol. The van der Waals surface area contributed by atoms with E-state index in [1.165, 1.54) is 5.57 Å². The first-order valence-electron chi connectivity index (χ1n) is 11.0. The summed E-state index contributed by atoms with van der Waals surface area (Å²) in [4.78, 5) is 27.6. The summed E-state index contributed by atoms with van der Waals surface area (Å²) in [6.45, 7) is 5.60. The first-order chi connectivity index (χ1) is 14.6. The Bertz CT molecular complexity index is 914. The van der Waals surface area contributed by atoms with Crippen LogP contribution in [-0.4, -0.2) is 42.0 Å². The molecule has 1 aromatic carbocycles. The lowest BCUT2D eigenvalue weighted by Gasteiger charge is -2.45. The van der Waals surface area contributed by atoms with Crippen molar-refractivity contribution in [3.63, 3.8) is 0 Å². The van der Waals surface area contributed by atoms with Crippen molar-refractivity contribution in [2.24, 2.45) is 0 Å². The summed E-state index contributed by atoms with van der Waals surface area (Å²) in [5.41, 5.74) is 2.72. The zero-order valence-electron chi connectivity index (χ0n) is 19.3. The number of amides is 1. The summed E-state index contributed by atoms with van der Waals surface area (Å²) < 4.78 is 5.48. The van der Waals surface area contributed by atoms with Crippen LogP contribution in [-0.2, 0) is 9.53 Å². The largest absolute Gasteiger partial charge is 0.444 e. The van der Waals surface area contributed by atoms with Gasteiger partial charge in [0.15, 0.2) is 5.78 Å². The van der Waals surface area contributed by atoms with Crippen LogP contribution in [0.3, 0.4) is 0 Å². The van der Waals surface area contributed by atoms with E-state index in [9.17, 15) is 9.59 Å². The molecule has 0 bridgehead atoms. The molecule has 1 fully saturated rings. The van der Waals surface area contributed by atoms with Crippen LogP contribution in [0, 0.1) is 0 Å². The number of hydrogen-bond acceptors (Lipinski definition) is 4. The third-order valence-electron chi connectivity index (χ3n) is 5.71. The first kappa shape index (κ1) is 22.9. The third kappa shape index (κ3) is 5.66. The Morgan fingerprint density at radius 1 is 1.06 bits per heavy atom. The zero-order chi connectivity index (χ0) is 22.6. The number of benzene rings is 1. The Hall–Kier alpha value is -2.82. The van der Waals surface area contributed by atoms with E-state index < -0.39 is 5.60 Å². The van der Waals surface area contributed by atoms with E-state index in [0.717, 1.165) is 30.4 Å². The Kier molecular flexibility index (Phi) is 6.73. The van der Waals surface area contributed by atoms with E-state index in [4.69, 9.17) is 4.74 Å². The van der Waals surface area contributed by atoms with E-state index in [1.54, 1.807) is 0 Å². The Morgan fingerprint density at radius 2 is 1.74 bits per heavy atom. The lowest BCUT2D eigenvalue weighted by molar-refractivity contribution is -0.110. The molecule has 3 rings (SSSR count). The van der Waals surface area contributed by atoms with Gasteiger partial charge in [0.25, 0.3) is 0 Å². The third-order valence-corrected chi connectivity index (χ3v) is 5.71. The van der Waals surface area contributed by atoms with Crippen LogP contribution in [0.15, 0.2) is 59.8 Å². The highest BCUT2D eigenvalue weighted by Gasteiger charge is 2.42. The van der Waals surface area contributed by atoms with Gasteiger partial charge in [-0.05, 0) is 64.0 Å². The molecule has 2 aliphatic rings. The van der Waals surface area contributed by atoms with Gasteiger partial charge in [0, 0.05) is 31.4 Å². The summed E-state index contributed by atoms with van der Waals surface area (Å²) >= 11 is 0. The quantitative estimate of drug-likeness (QED) is 0.502. The van der Waals surface area contributed by atoms with Crippen LogP contribution >= 0.6 is 0 Å². The number of nitrogens with one attached hydrogen (secondary N) is 1. The van der Waals surface area contributed by atoms with E-state index in [0.29, 0.717) is 18.4 Å². The van der Waals surface area contributed by atoms with Crippen molar-refractivity contribution in [2.45, 2.75) is 64.0 Å². The highest BCUT2D eigenvalue weighted by molar-refractivity contribution is 6.28. The number of carbonyl (C=O) groups excluding carboxylic acids is 2. The lowest BCUT2D eigenvalue weighted by atomic mass is 9.69. The number of rotatable bonds is 6. The van der Waals surface area contributed by atoms with Crippen molar-refractivity contribution in [2.75, 3.05) is 14.1 Å². The predicted octanol–water partition coefficient (Wildman–Crippen LogP) is 5.25. The number of ether oxygens (including phenoxy) is 1. The Morgan fingerprint density at radius 3 is 2.23 bits per heavy atom. The molecular formula is C26H34N2O3. The van der Waals surface area contributed by atoms with Crippen LogP contribution in [0.1, 0.15) is 58.4 Å². The molecule has 0 saturated heterocycles. The monoisotopic (exact) mass is 422 g/mol. The number of Topliss-reactive ketones (excluding diaryl/α,β-unsaturated/α-hetero) is 1. The molecule has 1 amide bonds. The fourth-order valence-corrected chi connectivity index (χ4v) is 4.08. The van der Waals surface area contributed by atoms with Crippen LogP contribution in [0.4, 0.5) is 4.79 Å². The fraction of sp³-hybridized carbons (Fsp3) is 0.462. The Balaban J connectivity index is 1.73. The maximum absolute atomic E-state index is 13.3. The second-order valence-electron chi connectivity index (χ2n) is 9.63. The van der Waals surface area contributed by atoms with Crippen molar-refractivity contribution >= 4 is 17.4 Å². The van der Waals surface area contributed by atoms with Gasteiger partial charge in [0.2, 0.25) is 0 Å². The second kappa shape index (κ2) is 9.13. The number of ketones is 1. The minimum absolute atomic E-state index is 0.0537. The Labute approximate surface area is 185 Å². The van der Waals surface area contributed by atoms with Crippen LogP contribution in [0.2, 0.25) is 0 Å². The molecule has 0 aliphatic heterocycles. The van der Waals surface area contributed by atoms with Gasteiger partial charge in [-0.3, -0.25) is 4.79 Å². The van der Waals surface area contributed by atoms with E-state index in [-0.39, 0.29) is 17.4 Å². The number of carbonyl (C=O) groups is 2. The lowest BCUT2D eigenvalue weighted by Crippen LogP contribution is -2.56. The average molecular weight is 423 g/mol. The van der Waals surface area contributed by atoms with Crippen molar-refractivity contribution in [3.8, 4) is 0 Å². The number of nitrogens with zero attached hydrogens (tertiary/aromatic N) is 1. The van der Waals surface area contributed by atoms with Crippen molar-refractivity contribution in [1.82, 2.24) is 10.2 Å². The van der Waals surface area contributed by atoms with E-state index in [2.05, 4.69) is 11.4 Å². The number of hydrogen-bond donors (Lipinski definition) is 1. The zero-order valence-corrected chi connectivity index (χ0v) is 19.3. The average Bonchev–Trinajstić information content (AvgIpc) is 2.68. The molecule has 31 heavy (non-hydrogen) atoms. The minimum atomic E-state index is -0.526. The summed E-state index contributed by atoms with van der Waals surface area (Å²) in [7, 11) is 3.85. The van der Waals surface area contributed by atoms with Gasteiger partial charge >= 0.3 is 6.09 Å². The summed E-state index contributed by atoms with van der Waals surface area (Å²) in [6, 6.07) is 9.77. The molecule has 0 heterocycles. The van der Waals surface area contributed by atoms with Gasteiger partial charge in [0.05, 0.1) is 5.54 Å². The summed E-state index contributed by atoms with van der Waals surface area (Å²) in [6.07, 6.45) is 9.80. The van der Waals surface area contributed by atoms with Crippen molar-refractivity contribution in [1.29, 1.82) is 0 Å². The predicted molar refractivity (Wildman–Crippen MR) is 124 cm³/mol. The smallest absolute Gasteiger partial charge is 0.408 e. The molecule has 5 heteroatoms. The molecule has 0 atom stereocenters.